The lowest BCUT2D eigenvalue weighted by atomic mass is 10.3. The molecule has 0 atom stereocenters. The lowest BCUT2D eigenvalue weighted by molar-refractivity contribution is 0.500. The van der Waals surface area contributed by atoms with Gasteiger partial charge in [-0.15, -0.1) is 0 Å². The van der Waals surface area contributed by atoms with E-state index in [9.17, 15) is 0 Å². The standard InChI is InChI=1S/C13H12ClN5O/c14-13-16-11-10(6-15-18-11)12(17-13)19(8-3-4-8)7-9-2-1-5-20-9/h1-2,5-6,8H,3-4,7H2,(H,15,16,17,18). The summed E-state index contributed by atoms with van der Waals surface area (Å²) in [5.74, 6) is 1.72. The largest absolute Gasteiger partial charge is 0.467 e. The second-order valence-corrected chi connectivity index (χ2v) is 5.23. The van der Waals surface area contributed by atoms with E-state index in [1.807, 2.05) is 12.1 Å². The van der Waals surface area contributed by atoms with Crippen molar-refractivity contribution in [3.63, 3.8) is 0 Å². The molecule has 20 heavy (non-hydrogen) atoms. The van der Waals surface area contributed by atoms with Crippen LogP contribution in [-0.2, 0) is 6.54 Å². The second-order valence-electron chi connectivity index (χ2n) is 4.89. The maximum Gasteiger partial charge on any atom is 0.226 e. The van der Waals surface area contributed by atoms with Gasteiger partial charge in [0.15, 0.2) is 5.65 Å². The molecule has 0 spiro atoms. The Balaban J connectivity index is 1.79. The van der Waals surface area contributed by atoms with Crippen LogP contribution in [0.2, 0.25) is 5.28 Å². The molecule has 3 aromatic heterocycles. The number of nitrogens with one attached hydrogen (secondary N) is 1. The molecule has 4 rings (SSSR count). The summed E-state index contributed by atoms with van der Waals surface area (Å²) in [4.78, 5) is 10.7. The molecule has 0 amide bonds. The van der Waals surface area contributed by atoms with Crippen molar-refractivity contribution >= 4 is 28.5 Å². The van der Waals surface area contributed by atoms with E-state index < -0.39 is 0 Å². The zero-order chi connectivity index (χ0) is 13.5. The third-order valence-corrected chi connectivity index (χ3v) is 3.60. The van der Waals surface area contributed by atoms with Gasteiger partial charge in [0.25, 0.3) is 0 Å². The Hall–Kier alpha value is -2.08. The summed E-state index contributed by atoms with van der Waals surface area (Å²) in [6.45, 7) is 0.672. The third kappa shape index (κ3) is 2.02. The van der Waals surface area contributed by atoms with E-state index in [2.05, 4.69) is 25.1 Å². The predicted molar refractivity (Wildman–Crippen MR) is 74.6 cm³/mol. The number of aromatic amines is 1. The van der Waals surface area contributed by atoms with Crippen LogP contribution in [0.4, 0.5) is 5.82 Å². The second kappa shape index (κ2) is 4.49. The Labute approximate surface area is 119 Å². The molecule has 1 aliphatic carbocycles. The summed E-state index contributed by atoms with van der Waals surface area (Å²) in [6, 6.07) is 4.33. The molecule has 6 nitrogen and oxygen atoms in total. The molecule has 3 aromatic rings. The zero-order valence-corrected chi connectivity index (χ0v) is 11.3. The number of nitrogens with zero attached hydrogens (tertiary/aromatic N) is 4. The molecular weight excluding hydrogens is 278 g/mol. The molecule has 0 bridgehead atoms. The van der Waals surface area contributed by atoms with Gasteiger partial charge in [0, 0.05) is 6.04 Å². The van der Waals surface area contributed by atoms with Crippen molar-refractivity contribution in [2.45, 2.75) is 25.4 Å². The number of furan rings is 1. The van der Waals surface area contributed by atoms with Crippen molar-refractivity contribution < 1.29 is 4.42 Å². The lowest BCUT2D eigenvalue weighted by Crippen LogP contribution is -2.26. The smallest absolute Gasteiger partial charge is 0.226 e. The van der Waals surface area contributed by atoms with E-state index in [1.54, 1.807) is 12.5 Å². The summed E-state index contributed by atoms with van der Waals surface area (Å²) in [7, 11) is 0. The number of rotatable bonds is 4. The molecule has 0 aliphatic heterocycles. The number of anilines is 1. The Bertz CT molecular complexity index is 734. The van der Waals surface area contributed by atoms with Crippen LogP contribution in [0.15, 0.2) is 29.0 Å². The number of fused-ring (bicyclic) bond motifs is 1. The molecule has 0 saturated heterocycles. The van der Waals surface area contributed by atoms with Gasteiger partial charge in [0.1, 0.15) is 11.6 Å². The fourth-order valence-electron chi connectivity index (χ4n) is 2.35. The molecule has 102 valence electrons. The van der Waals surface area contributed by atoms with Crippen LogP contribution in [-0.4, -0.2) is 26.2 Å². The van der Waals surface area contributed by atoms with E-state index in [0.29, 0.717) is 18.2 Å². The van der Waals surface area contributed by atoms with E-state index in [-0.39, 0.29) is 5.28 Å². The molecule has 1 saturated carbocycles. The van der Waals surface area contributed by atoms with Crippen LogP contribution >= 0.6 is 11.6 Å². The minimum absolute atomic E-state index is 0.224. The molecular formula is C13H12ClN5O. The van der Waals surface area contributed by atoms with Crippen LogP contribution in [0, 0.1) is 0 Å². The summed E-state index contributed by atoms with van der Waals surface area (Å²) >= 11 is 6.01. The number of hydrogen-bond donors (Lipinski definition) is 1. The fraction of sp³-hybridized carbons (Fsp3) is 0.308. The van der Waals surface area contributed by atoms with Crippen molar-refractivity contribution in [3.05, 3.63) is 35.6 Å². The Morgan fingerprint density at radius 1 is 1.40 bits per heavy atom. The first-order chi connectivity index (χ1) is 9.81. The van der Waals surface area contributed by atoms with Crippen LogP contribution in [0.1, 0.15) is 18.6 Å². The SMILES string of the molecule is Clc1nc(N(Cc2ccco2)C2CC2)c2cn[nH]c2n1. The zero-order valence-electron chi connectivity index (χ0n) is 10.6. The average Bonchev–Trinajstić information content (AvgIpc) is 2.96. The summed E-state index contributed by atoms with van der Waals surface area (Å²) < 4.78 is 5.45. The molecule has 1 N–H and O–H groups in total. The molecule has 0 unspecified atom stereocenters. The highest BCUT2D eigenvalue weighted by Crippen LogP contribution is 2.35. The normalized spacial score (nSPS) is 14.8. The minimum Gasteiger partial charge on any atom is -0.467 e. The minimum atomic E-state index is 0.224. The highest BCUT2D eigenvalue weighted by atomic mass is 35.5. The van der Waals surface area contributed by atoms with Gasteiger partial charge in [0.2, 0.25) is 5.28 Å². The topological polar surface area (TPSA) is 70.8 Å². The van der Waals surface area contributed by atoms with Crippen molar-refractivity contribution in [2.75, 3.05) is 4.90 Å². The number of halogens is 1. The van der Waals surface area contributed by atoms with Crippen molar-refractivity contribution in [2.24, 2.45) is 0 Å². The van der Waals surface area contributed by atoms with E-state index in [1.165, 1.54) is 0 Å². The highest BCUT2D eigenvalue weighted by molar-refractivity contribution is 6.28. The molecule has 0 radical (unpaired) electrons. The molecule has 1 fully saturated rings. The van der Waals surface area contributed by atoms with Gasteiger partial charge in [-0.3, -0.25) is 5.10 Å². The van der Waals surface area contributed by atoms with Crippen LogP contribution in [0.3, 0.4) is 0 Å². The third-order valence-electron chi connectivity index (χ3n) is 3.43. The first-order valence-electron chi connectivity index (χ1n) is 6.47. The van der Waals surface area contributed by atoms with Crippen LogP contribution in [0.25, 0.3) is 11.0 Å². The van der Waals surface area contributed by atoms with Gasteiger partial charge in [0.05, 0.1) is 24.4 Å². The van der Waals surface area contributed by atoms with E-state index in [4.69, 9.17) is 16.0 Å². The summed E-state index contributed by atoms with van der Waals surface area (Å²) in [6.07, 6.45) is 5.72. The molecule has 3 heterocycles. The summed E-state index contributed by atoms with van der Waals surface area (Å²) in [5, 5.41) is 7.97. The maximum atomic E-state index is 6.01. The van der Waals surface area contributed by atoms with E-state index in [0.717, 1.165) is 29.8 Å². The van der Waals surface area contributed by atoms with Gasteiger partial charge in [-0.25, -0.2) is 0 Å². The van der Waals surface area contributed by atoms with Crippen molar-refractivity contribution in [1.29, 1.82) is 0 Å². The first kappa shape index (κ1) is 11.7. The number of H-pyrrole nitrogens is 1. The van der Waals surface area contributed by atoms with Crippen LogP contribution in [0.5, 0.6) is 0 Å². The van der Waals surface area contributed by atoms with Crippen molar-refractivity contribution in [3.8, 4) is 0 Å². The molecule has 1 aliphatic rings. The Morgan fingerprint density at radius 3 is 3.05 bits per heavy atom. The predicted octanol–water partition coefficient (Wildman–Crippen LogP) is 2.77. The first-order valence-corrected chi connectivity index (χ1v) is 6.85. The highest BCUT2D eigenvalue weighted by Gasteiger charge is 2.32. The Kier molecular flexibility index (Phi) is 2.63. The van der Waals surface area contributed by atoms with Gasteiger partial charge in [-0.05, 0) is 36.6 Å². The maximum absolute atomic E-state index is 6.01. The van der Waals surface area contributed by atoms with Crippen molar-refractivity contribution in [1.82, 2.24) is 20.2 Å². The molecule has 0 aromatic carbocycles. The van der Waals surface area contributed by atoms with E-state index >= 15 is 0 Å². The fourth-order valence-corrected chi connectivity index (χ4v) is 2.51. The van der Waals surface area contributed by atoms with Gasteiger partial charge >= 0.3 is 0 Å². The quantitative estimate of drug-likeness (QED) is 0.748. The summed E-state index contributed by atoms with van der Waals surface area (Å²) in [5.41, 5.74) is 0.657. The average molecular weight is 290 g/mol. The lowest BCUT2D eigenvalue weighted by Gasteiger charge is -2.22. The van der Waals surface area contributed by atoms with Crippen LogP contribution < -0.4 is 4.90 Å². The van der Waals surface area contributed by atoms with Gasteiger partial charge in [-0.2, -0.15) is 15.1 Å². The Morgan fingerprint density at radius 2 is 2.30 bits per heavy atom. The number of hydrogen-bond acceptors (Lipinski definition) is 5. The molecule has 7 heteroatoms. The monoisotopic (exact) mass is 289 g/mol. The van der Waals surface area contributed by atoms with Gasteiger partial charge < -0.3 is 9.32 Å². The number of aromatic nitrogens is 4. The van der Waals surface area contributed by atoms with Gasteiger partial charge in [-0.1, -0.05) is 0 Å².